The number of hydrogen-bond acceptors (Lipinski definition) is 5. The summed E-state index contributed by atoms with van der Waals surface area (Å²) in [4.78, 5) is 20.3. The van der Waals surface area contributed by atoms with E-state index in [1.54, 1.807) is 18.2 Å². The average Bonchev–Trinajstić information content (AvgIpc) is 3.09. The van der Waals surface area contributed by atoms with E-state index in [9.17, 15) is 9.90 Å². The fraction of sp³-hybridized carbons (Fsp3) is 0.308. The van der Waals surface area contributed by atoms with Gasteiger partial charge in [-0.2, -0.15) is 0 Å². The number of hydrogen-bond donors (Lipinski definition) is 2. The number of carbonyl (C=O) groups excluding carboxylic acids is 1. The fourth-order valence-electron chi connectivity index (χ4n) is 6.17. The number of rotatable bonds is 8. The zero-order valence-corrected chi connectivity index (χ0v) is 26.7. The van der Waals surface area contributed by atoms with Gasteiger partial charge in [-0.1, -0.05) is 84.9 Å². The monoisotopic (exact) mass is 605 g/mol. The third kappa shape index (κ3) is 9.07. The Labute approximate surface area is 268 Å². The predicted octanol–water partition coefficient (Wildman–Crippen LogP) is 6.74. The molecule has 4 aromatic carbocycles. The Bertz CT molecular complexity index is 1440. The van der Waals surface area contributed by atoms with E-state index in [0.29, 0.717) is 19.0 Å². The van der Waals surface area contributed by atoms with E-state index >= 15 is 0 Å². The largest absolute Gasteiger partial charge is 0.508 e. The Balaban J connectivity index is 0.000000871. The molecule has 0 spiro atoms. The summed E-state index contributed by atoms with van der Waals surface area (Å²) in [5, 5.41) is 16.8. The van der Waals surface area contributed by atoms with Crippen molar-refractivity contribution in [3.05, 3.63) is 144 Å². The van der Waals surface area contributed by atoms with Crippen LogP contribution >= 0.6 is 0 Å². The van der Waals surface area contributed by atoms with Gasteiger partial charge >= 0.3 is 0 Å². The molecule has 4 aromatic rings. The molecular weight excluding hydrogens is 558 g/mol. The van der Waals surface area contributed by atoms with E-state index in [4.69, 9.17) is 5.11 Å². The van der Waals surface area contributed by atoms with Crippen LogP contribution < -0.4 is 4.90 Å². The number of amides is 1. The van der Waals surface area contributed by atoms with Crippen LogP contribution in [0.2, 0.25) is 0 Å². The molecule has 0 bridgehead atoms. The molecule has 2 aliphatic heterocycles. The number of anilines is 1. The molecular formula is C39H47N3O3. The van der Waals surface area contributed by atoms with E-state index in [2.05, 4.69) is 95.2 Å². The number of carbonyl (C=O) groups is 1. The lowest BCUT2D eigenvalue weighted by atomic mass is 9.88. The standard InChI is InChI=1S/C35H37N3O2.C3H6.CH4O/c39-32-13-7-8-27(24-32)26-38-19-16-30-14-15-31(25-34(30)35(38)40)37-22-20-36(21-23-37)18-17-33(28-9-3-1-4-10-28)29-11-5-2-6-12-29;1-3-2;1-2/h1-15,24-25,33,39H,16-23,26H2;3H,1H2,2H3;2H,1H3. The zero-order chi connectivity index (χ0) is 32.0. The van der Waals surface area contributed by atoms with Crippen molar-refractivity contribution in [3.8, 4) is 5.75 Å². The van der Waals surface area contributed by atoms with Gasteiger partial charge in [-0.25, -0.2) is 0 Å². The lowest BCUT2D eigenvalue weighted by Crippen LogP contribution is -2.47. The number of phenols is 1. The molecule has 2 aliphatic rings. The minimum atomic E-state index is 0.0814. The van der Waals surface area contributed by atoms with E-state index in [1.165, 1.54) is 11.1 Å². The molecule has 6 rings (SSSR count). The number of aliphatic hydroxyl groups excluding tert-OH is 1. The lowest BCUT2D eigenvalue weighted by Gasteiger charge is -2.37. The van der Waals surface area contributed by atoms with Gasteiger partial charge in [-0.15, -0.1) is 6.58 Å². The highest BCUT2D eigenvalue weighted by molar-refractivity contribution is 5.97. The normalized spacial score (nSPS) is 14.5. The van der Waals surface area contributed by atoms with Gasteiger partial charge in [-0.05, 0) is 72.8 Å². The summed E-state index contributed by atoms with van der Waals surface area (Å²) < 4.78 is 0. The van der Waals surface area contributed by atoms with Crippen molar-refractivity contribution in [3.63, 3.8) is 0 Å². The summed E-state index contributed by atoms with van der Waals surface area (Å²) in [6.07, 6.45) is 3.70. The molecule has 6 nitrogen and oxygen atoms in total. The van der Waals surface area contributed by atoms with E-state index in [0.717, 1.165) is 75.1 Å². The topological polar surface area (TPSA) is 67.2 Å². The van der Waals surface area contributed by atoms with Gasteiger partial charge < -0.3 is 20.0 Å². The van der Waals surface area contributed by atoms with E-state index in [1.807, 2.05) is 24.0 Å². The minimum absolute atomic E-state index is 0.0814. The van der Waals surface area contributed by atoms with Crippen molar-refractivity contribution in [2.75, 3.05) is 51.3 Å². The summed E-state index contributed by atoms with van der Waals surface area (Å²) in [6, 6.07) is 35.3. The smallest absolute Gasteiger partial charge is 0.254 e. The highest BCUT2D eigenvalue weighted by Crippen LogP contribution is 2.30. The second-order valence-electron chi connectivity index (χ2n) is 11.4. The number of allylic oxidation sites excluding steroid dienone is 1. The third-order valence-corrected chi connectivity index (χ3v) is 8.42. The van der Waals surface area contributed by atoms with Gasteiger partial charge in [-0.3, -0.25) is 9.69 Å². The molecule has 1 amide bonds. The molecule has 236 valence electrons. The van der Waals surface area contributed by atoms with Crippen molar-refractivity contribution in [2.45, 2.75) is 32.2 Å². The zero-order valence-electron chi connectivity index (χ0n) is 26.7. The molecule has 1 saturated heterocycles. The molecule has 0 aliphatic carbocycles. The van der Waals surface area contributed by atoms with Crippen LogP contribution in [0.15, 0.2) is 116 Å². The van der Waals surface area contributed by atoms with Crippen LogP contribution in [-0.2, 0) is 13.0 Å². The second-order valence-corrected chi connectivity index (χ2v) is 11.4. The van der Waals surface area contributed by atoms with Crippen molar-refractivity contribution < 1.29 is 15.0 Å². The highest BCUT2D eigenvalue weighted by atomic mass is 16.3. The Hall–Kier alpha value is -4.39. The summed E-state index contributed by atoms with van der Waals surface area (Å²) in [7, 11) is 1.00. The molecule has 0 radical (unpaired) electrons. The number of nitrogens with zero attached hydrogens (tertiary/aromatic N) is 3. The van der Waals surface area contributed by atoms with Gasteiger partial charge in [0.15, 0.2) is 0 Å². The van der Waals surface area contributed by atoms with Crippen LogP contribution in [-0.4, -0.2) is 72.3 Å². The van der Waals surface area contributed by atoms with Crippen molar-refractivity contribution >= 4 is 11.6 Å². The number of aliphatic hydroxyl groups is 1. The van der Waals surface area contributed by atoms with Gasteiger partial charge in [0, 0.05) is 63.5 Å². The van der Waals surface area contributed by atoms with Crippen LogP contribution in [0.3, 0.4) is 0 Å². The van der Waals surface area contributed by atoms with E-state index < -0.39 is 0 Å². The first kappa shape index (κ1) is 33.5. The van der Waals surface area contributed by atoms with Gasteiger partial charge in [0.1, 0.15) is 5.75 Å². The summed E-state index contributed by atoms with van der Waals surface area (Å²) in [6.45, 7) is 11.5. The van der Waals surface area contributed by atoms with Crippen LogP contribution in [0.25, 0.3) is 0 Å². The Morgan fingerprint density at radius 3 is 2.02 bits per heavy atom. The predicted molar refractivity (Wildman–Crippen MR) is 185 cm³/mol. The molecule has 45 heavy (non-hydrogen) atoms. The maximum atomic E-state index is 13.4. The highest BCUT2D eigenvalue weighted by Gasteiger charge is 2.26. The number of phenolic OH excluding ortho intramolecular Hbond substituents is 1. The summed E-state index contributed by atoms with van der Waals surface area (Å²) >= 11 is 0. The Morgan fingerprint density at radius 1 is 0.800 bits per heavy atom. The van der Waals surface area contributed by atoms with E-state index in [-0.39, 0.29) is 11.7 Å². The van der Waals surface area contributed by atoms with Crippen LogP contribution in [0.1, 0.15) is 51.9 Å². The maximum Gasteiger partial charge on any atom is 0.254 e. The van der Waals surface area contributed by atoms with Gasteiger partial charge in [0.05, 0.1) is 0 Å². The number of benzene rings is 4. The average molecular weight is 606 g/mol. The van der Waals surface area contributed by atoms with Gasteiger partial charge in [0.25, 0.3) is 5.91 Å². The Kier molecular flexibility index (Phi) is 12.8. The first-order valence-corrected chi connectivity index (χ1v) is 15.8. The maximum absolute atomic E-state index is 13.4. The molecule has 2 N–H and O–H groups in total. The molecule has 2 heterocycles. The molecule has 0 aromatic heterocycles. The molecule has 0 atom stereocenters. The SMILES string of the molecule is C=CC.CO.O=C1c2cc(N3CCN(CCC(c4ccccc4)c4ccccc4)CC3)ccc2CCN1Cc1cccc(O)c1. The van der Waals surface area contributed by atoms with Crippen LogP contribution in [0, 0.1) is 0 Å². The third-order valence-electron chi connectivity index (χ3n) is 8.42. The quantitative estimate of drug-likeness (QED) is 0.218. The lowest BCUT2D eigenvalue weighted by molar-refractivity contribution is 0.0727. The van der Waals surface area contributed by atoms with Crippen LogP contribution in [0.5, 0.6) is 5.75 Å². The molecule has 6 heteroatoms. The first-order valence-electron chi connectivity index (χ1n) is 15.8. The van der Waals surface area contributed by atoms with Crippen molar-refractivity contribution in [1.82, 2.24) is 9.80 Å². The molecule has 1 fully saturated rings. The minimum Gasteiger partial charge on any atom is -0.508 e. The van der Waals surface area contributed by atoms with Gasteiger partial charge in [0.2, 0.25) is 0 Å². The summed E-state index contributed by atoms with van der Waals surface area (Å²) in [5.74, 6) is 0.715. The summed E-state index contributed by atoms with van der Waals surface area (Å²) in [5.41, 5.74) is 6.80. The van der Waals surface area contributed by atoms with Crippen molar-refractivity contribution in [1.29, 1.82) is 0 Å². The molecule has 0 unspecified atom stereocenters. The Morgan fingerprint density at radius 2 is 1.42 bits per heavy atom. The number of fused-ring (bicyclic) bond motifs is 1. The fourth-order valence-corrected chi connectivity index (χ4v) is 6.17. The van der Waals surface area contributed by atoms with Crippen molar-refractivity contribution in [2.24, 2.45) is 0 Å². The number of piperazine rings is 1. The first-order chi connectivity index (χ1) is 22.1. The molecule has 0 saturated carbocycles. The number of aromatic hydroxyl groups is 1. The second kappa shape index (κ2) is 17.2. The van der Waals surface area contributed by atoms with Crippen LogP contribution in [0.4, 0.5) is 5.69 Å².